The van der Waals surface area contributed by atoms with Crippen LogP contribution in [0.2, 0.25) is 0 Å². The maximum Gasteiger partial charge on any atom is 0.253 e. The van der Waals surface area contributed by atoms with Crippen molar-refractivity contribution in [2.45, 2.75) is 30.6 Å². The minimum atomic E-state index is -1.17. The first-order valence-electron chi connectivity index (χ1n) is 14.4. The molecular weight excluding hydrogens is 530 g/mol. The first-order valence-corrected chi connectivity index (χ1v) is 14.4. The van der Waals surface area contributed by atoms with Crippen LogP contribution >= 0.6 is 0 Å². The van der Waals surface area contributed by atoms with Crippen LogP contribution in [-0.2, 0) is 19.1 Å². The average molecular weight is 566 g/mol. The molecule has 0 aliphatic carbocycles. The lowest BCUT2D eigenvalue weighted by Crippen LogP contribution is -2.57. The fraction of sp³-hybridized carbons (Fsp3) is 0.324. The number of likely N-dealkylation sites (tertiary alicyclic amines) is 1. The van der Waals surface area contributed by atoms with Crippen molar-refractivity contribution in [2.75, 3.05) is 36.0 Å². The van der Waals surface area contributed by atoms with Gasteiger partial charge in [0.25, 0.3) is 5.91 Å². The summed E-state index contributed by atoms with van der Waals surface area (Å²) < 4.78 is 6.61. The van der Waals surface area contributed by atoms with Gasteiger partial charge in [-0.25, -0.2) is 0 Å². The Morgan fingerprint density at radius 3 is 2.29 bits per heavy atom. The van der Waals surface area contributed by atoms with Gasteiger partial charge in [0.05, 0.1) is 24.5 Å². The average Bonchev–Trinajstić information content (AvgIpc) is 3.66. The molecule has 1 N–H and O–H groups in total. The molecule has 3 amide bonds. The summed E-state index contributed by atoms with van der Waals surface area (Å²) in [7, 11) is 0. The SMILES string of the molecule is C=CCN(C(=O)C1N(CCO)C(=O)[C@@H]2[C@H](C(=O)N(CC=C)c3ccccc3)[C@@H]3CCC12O3)c1ccc2ccccc2c1. The summed E-state index contributed by atoms with van der Waals surface area (Å²) in [5, 5.41) is 12.0. The summed E-state index contributed by atoms with van der Waals surface area (Å²) in [5.74, 6) is -2.44. The number of hydrogen-bond donors (Lipinski definition) is 1. The minimum Gasteiger partial charge on any atom is -0.395 e. The van der Waals surface area contributed by atoms with Crippen molar-refractivity contribution in [3.8, 4) is 0 Å². The van der Waals surface area contributed by atoms with Gasteiger partial charge in [0.1, 0.15) is 11.6 Å². The van der Waals surface area contributed by atoms with Crippen LogP contribution in [-0.4, -0.2) is 71.7 Å². The maximum absolute atomic E-state index is 14.6. The molecule has 0 aromatic heterocycles. The molecule has 1 spiro atoms. The Kier molecular flexibility index (Phi) is 7.43. The molecule has 42 heavy (non-hydrogen) atoms. The molecular formula is C34H35N3O5. The number of carbonyl (C=O) groups excluding carboxylic acids is 3. The smallest absolute Gasteiger partial charge is 0.253 e. The van der Waals surface area contributed by atoms with E-state index in [1.807, 2.05) is 72.8 Å². The first-order chi connectivity index (χ1) is 20.4. The lowest BCUT2D eigenvalue weighted by molar-refractivity contribution is -0.141. The topological polar surface area (TPSA) is 90.4 Å². The molecule has 3 aromatic carbocycles. The third-order valence-electron chi connectivity index (χ3n) is 8.93. The number of carbonyl (C=O) groups is 3. The Bertz CT molecular complexity index is 1540. The third-order valence-corrected chi connectivity index (χ3v) is 8.93. The van der Waals surface area contributed by atoms with Gasteiger partial charge in [-0.15, -0.1) is 13.2 Å². The number of hydrogen-bond acceptors (Lipinski definition) is 5. The largest absolute Gasteiger partial charge is 0.395 e. The highest BCUT2D eigenvalue weighted by molar-refractivity contribution is 6.07. The van der Waals surface area contributed by atoms with Crippen LogP contribution in [0.1, 0.15) is 12.8 Å². The molecule has 3 heterocycles. The van der Waals surface area contributed by atoms with Crippen LogP contribution < -0.4 is 9.80 Å². The number of rotatable bonds is 10. The van der Waals surface area contributed by atoms with E-state index in [0.717, 1.165) is 10.8 Å². The molecule has 8 heteroatoms. The predicted octanol–water partition coefficient (Wildman–Crippen LogP) is 3.94. The van der Waals surface area contributed by atoms with Crippen LogP contribution in [0.5, 0.6) is 0 Å². The van der Waals surface area contributed by atoms with E-state index in [9.17, 15) is 19.5 Å². The molecule has 5 atom stereocenters. The molecule has 8 nitrogen and oxygen atoms in total. The second-order valence-corrected chi connectivity index (χ2v) is 11.2. The van der Waals surface area contributed by atoms with Crippen LogP contribution in [0, 0.1) is 11.8 Å². The second kappa shape index (κ2) is 11.2. The zero-order chi connectivity index (χ0) is 29.4. The van der Waals surface area contributed by atoms with Gasteiger partial charge >= 0.3 is 0 Å². The molecule has 2 unspecified atom stereocenters. The van der Waals surface area contributed by atoms with Crippen molar-refractivity contribution in [2.24, 2.45) is 11.8 Å². The van der Waals surface area contributed by atoms with Crippen LogP contribution in [0.25, 0.3) is 10.8 Å². The van der Waals surface area contributed by atoms with Crippen molar-refractivity contribution in [1.29, 1.82) is 0 Å². The van der Waals surface area contributed by atoms with E-state index in [1.54, 1.807) is 22.0 Å². The quantitative estimate of drug-likeness (QED) is 0.376. The molecule has 3 aliphatic rings. The van der Waals surface area contributed by atoms with Crippen molar-refractivity contribution >= 4 is 39.9 Å². The number of amides is 3. The van der Waals surface area contributed by atoms with Crippen LogP contribution in [0.3, 0.4) is 0 Å². The van der Waals surface area contributed by atoms with Gasteiger partial charge in [0, 0.05) is 31.0 Å². The number of nitrogens with zero attached hydrogens (tertiary/aromatic N) is 3. The fourth-order valence-corrected chi connectivity index (χ4v) is 7.25. The number of aliphatic hydroxyl groups excluding tert-OH is 1. The van der Waals surface area contributed by atoms with Gasteiger partial charge in [0.15, 0.2) is 0 Å². The number of aliphatic hydroxyl groups is 1. The van der Waals surface area contributed by atoms with Gasteiger partial charge < -0.3 is 24.5 Å². The Balaban J connectivity index is 1.39. The van der Waals surface area contributed by atoms with E-state index in [4.69, 9.17) is 4.74 Å². The van der Waals surface area contributed by atoms with Gasteiger partial charge in [-0.2, -0.15) is 0 Å². The van der Waals surface area contributed by atoms with Gasteiger partial charge in [-0.05, 0) is 47.9 Å². The molecule has 3 saturated heterocycles. The van der Waals surface area contributed by atoms with E-state index in [0.29, 0.717) is 24.2 Å². The molecule has 3 aliphatic heterocycles. The first kappa shape index (κ1) is 27.9. The van der Waals surface area contributed by atoms with E-state index in [2.05, 4.69) is 13.2 Å². The van der Waals surface area contributed by atoms with Gasteiger partial charge in [0.2, 0.25) is 11.8 Å². The Morgan fingerprint density at radius 2 is 1.60 bits per heavy atom. The zero-order valence-electron chi connectivity index (χ0n) is 23.5. The van der Waals surface area contributed by atoms with Gasteiger partial charge in [-0.1, -0.05) is 60.7 Å². The number of anilines is 2. The summed E-state index contributed by atoms with van der Waals surface area (Å²) in [4.78, 5) is 47.6. The molecule has 3 fully saturated rings. The second-order valence-electron chi connectivity index (χ2n) is 11.2. The van der Waals surface area contributed by atoms with Crippen molar-refractivity contribution in [1.82, 2.24) is 4.90 Å². The number of fused-ring (bicyclic) bond motifs is 2. The van der Waals surface area contributed by atoms with E-state index in [-0.39, 0.29) is 44.0 Å². The molecule has 2 bridgehead atoms. The van der Waals surface area contributed by atoms with Crippen molar-refractivity contribution < 1.29 is 24.2 Å². The number of benzene rings is 3. The van der Waals surface area contributed by atoms with E-state index < -0.39 is 29.6 Å². The predicted molar refractivity (Wildman–Crippen MR) is 162 cm³/mol. The van der Waals surface area contributed by atoms with Crippen molar-refractivity contribution in [3.05, 3.63) is 98.1 Å². The van der Waals surface area contributed by atoms with E-state index >= 15 is 0 Å². The fourth-order valence-electron chi connectivity index (χ4n) is 7.25. The summed E-state index contributed by atoms with van der Waals surface area (Å²) in [6.07, 6.45) is 3.87. The lowest BCUT2D eigenvalue weighted by atomic mass is 9.70. The van der Waals surface area contributed by atoms with Crippen LogP contribution in [0.15, 0.2) is 98.1 Å². The Hall–Kier alpha value is -4.27. The molecule has 3 aromatic rings. The summed E-state index contributed by atoms with van der Waals surface area (Å²) in [6.45, 7) is 7.86. The highest BCUT2D eigenvalue weighted by Gasteiger charge is 2.75. The monoisotopic (exact) mass is 565 g/mol. The van der Waals surface area contributed by atoms with Crippen molar-refractivity contribution in [3.63, 3.8) is 0 Å². The summed E-state index contributed by atoms with van der Waals surface area (Å²) >= 11 is 0. The Labute approximate surface area is 245 Å². The van der Waals surface area contributed by atoms with Crippen LogP contribution in [0.4, 0.5) is 11.4 Å². The standard InChI is InChI=1S/C34H35N3O5/c1-3-18-35(25-12-6-5-7-13-25)31(39)28-27-16-17-34(42-27)29(28)32(40)37(20-21-38)30(34)33(41)36(19-4-2)26-15-14-23-10-8-9-11-24(23)22-26/h3-15,22,27-30,38H,1-2,16-21H2/t27-,28+,29-,30?,34?/m0/s1. The molecule has 0 saturated carbocycles. The minimum absolute atomic E-state index is 0.0306. The molecule has 0 radical (unpaired) electrons. The highest BCUT2D eigenvalue weighted by Crippen LogP contribution is 2.59. The summed E-state index contributed by atoms with van der Waals surface area (Å²) in [6, 6.07) is 22.0. The third kappa shape index (κ3) is 4.33. The van der Waals surface area contributed by atoms with Gasteiger partial charge in [-0.3, -0.25) is 14.4 Å². The molecule has 6 rings (SSSR count). The summed E-state index contributed by atoms with van der Waals surface area (Å²) in [5.41, 5.74) is 0.218. The zero-order valence-corrected chi connectivity index (χ0v) is 23.5. The van der Waals surface area contributed by atoms with E-state index in [1.165, 1.54) is 4.90 Å². The highest BCUT2D eigenvalue weighted by atomic mass is 16.5. The number of para-hydroxylation sites is 1. The normalized spacial score (nSPS) is 25.8. The Morgan fingerprint density at radius 1 is 0.929 bits per heavy atom. The lowest BCUT2D eigenvalue weighted by Gasteiger charge is -2.37. The molecule has 216 valence electrons. The number of ether oxygens (including phenoxy) is 1. The number of β-amino-alcohol motifs (C(OH)–C–C–N with tert-alkyl or cyclic N) is 1. The maximum atomic E-state index is 14.6.